The summed E-state index contributed by atoms with van der Waals surface area (Å²) in [4.78, 5) is 11.2. The molecule has 0 radical (unpaired) electrons. The summed E-state index contributed by atoms with van der Waals surface area (Å²) >= 11 is 0. The molecule has 0 fully saturated rings. The van der Waals surface area contributed by atoms with Crippen LogP contribution in [0.2, 0.25) is 0 Å². The van der Waals surface area contributed by atoms with Crippen LogP contribution in [-0.4, -0.2) is 16.6 Å². The quantitative estimate of drug-likeness (QED) is 0.430. The van der Waals surface area contributed by atoms with Crippen molar-refractivity contribution in [3.8, 4) is 17.1 Å². The molecule has 3 rings (SSSR count). The standard InChI is InChI=1S/C16H11NO4/c18-9-12-14(19)7-6-11-13(17-20)8-15(21-16(11)12)10-4-2-1-3-5-10/h1-9,19-20H. The number of aldehydes is 1. The lowest BCUT2D eigenvalue weighted by molar-refractivity contribution is 0.112. The summed E-state index contributed by atoms with van der Waals surface area (Å²) in [5.41, 5.74) is 0.971. The van der Waals surface area contributed by atoms with E-state index in [0.717, 1.165) is 5.56 Å². The number of hydrogen-bond donors (Lipinski definition) is 2. The van der Waals surface area contributed by atoms with Crippen molar-refractivity contribution < 1.29 is 19.5 Å². The normalized spacial score (nSPS) is 11.7. The smallest absolute Gasteiger partial charge is 0.157 e. The molecule has 0 saturated carbocycles. The van der Waals surface area contributed by atoms with E-state index < -0.39 is 0 Å². The molecule has 0 aliphatic rings. The van der Waals surface area contributed by atoms with Gasteiger partial charge in [-0.2, -0.15) is 0 Å². The van der Waals surface area contributed by atoms with E-state index in [2.05, 4.69) is 5.16 Å². The van der Waals surface area contributed by atoms with Crippen LogP contribution in [0.5, 0.6) is 5.75 Å². The Morgan fingerprint density at radius 2 is 1.86 bits per heavy atom. The van der Waals surface area contributed by atoms with Gasteiger partial charge >= 0.3 is 0 Å². The fourth-order valence-corrected chi connectivity index (χ4v) is 2.18. The number of fused-ring (bicyclic) bond motifs is 1. The van der Waals surface area contributed by atoms with Gasteiger partial charge in [0, 0.05) is 17.0 Å². The van der Waals surface area contributed by atoms with Crippen molar-refractivity contribution in [1.29, 1.82) is 0 Å². The van der Waals surface area contributed by atoms with Crippen LogP contribution in [0, 0.1) is 0 Å². The zero-order valence-corrected chi connectivity index (χ0v) is 10.9. The third-order valence-electron chi connectivity index (χ3n) is 3.21. The van der Waals surface area contributed by atoms with Crippen LogP contribution >= 0.6 is 0 Å². The lowest BCUT2D eigenvalue weighted by Gasteiger charge is -2.06. The second-order valence-electron chi connectivity index (χ2n) is 4.45. The first kappa shape index (κ1) is 12.9. The Morgan fingerprint density at radius 1 is 1.10 bits per heavy atom. The molecule has 0 aliphatic heterocycles. The molecule has 5 nitrogen and oxygen atoms in total. The predicted molar refractivity (Wildman–Crippen MR) is 76.1 cm³/mol. The molecule has 0 amide bonds. The average molecular weight is 281 g/mol. The van der Waals surface area contributed by atoms with Gasteiger partial charge in [-0.1, -0.05) is 35.5 Å². The summed E-state index contributed by atoms with van der Waals surface area (Å²) in [5.74, 6) is 0.250. The molecule has 0 spiro atoms. The lowest BCUT2D eigenvalue weighted by Crippen LogP contribution is -2.04. The molecule has 0 aliphatic carbocycles. The molecule has 0 atom stereocenters. The summed E-state index contributed by atoms with van der Waals surface area (Å²) in [5, 5.41) is 22.9. The van der Waals surface area contributed by atoms with E-state index in [-0.39, 0.29) is 22.3 Å². The Balaban J connectivity index is 2.43. The number of hydrogen-bond acceptors (Lipinski definition) is 5. The number of rotatable bonds is 2. The predicted octanol–water partition coefficient (Wildman–Crippen LogP) is 2.91. The van der Waals surface area contributed by atoms with Gasteiger partial charge in [-0.05, 0) is 12.1 Å². The first-order chi connectivity index (χ1) is 10.2. The number of phenolic OH excluding ortho intramolecular Hbond substituents is 1. The molecule has 0 bridgehead atoms. The zero-order chi connectivity index (χ0) is 14.8. The van der Waals surface area contributed by atoms with Crippen LogP contribution in [0.1, 0.15) is 10.4 Å². The van der Waals surface area contributed by atoms with Crippen LogP contribution < -0.4 is 5.36 Å². The van der Waals surface area contributed by atoms with Crippen molar-refractivity contribution in [2.24, 2.45) is 5.16 Å². The fourth-order valence-electron chi connectivity index (χ4n) is 2.18. The molecule has 0 saturated heterocycles. The number of carbonyl (C=O) groups excluding carboxylic acids is 1. The minimum Gasteiger partial charge on any atom is -0.507 e. The van der Waals surface area contributed by atoms with Crippen molar-refractivity contribution in [3.63, 3.8) is 0 Å². The Bertz CT molecular complexity index is 882. The third-order valence-corrected chi connectivity index (χ3v) is 3.21. The van der Waals surface area contributed by atoms with E-state index in [1.54, 1.807) is 6.07 Å². The van der Waals surface area contributed by atoms with Crippen LogP contribution in [-0.2, 0) is 0 Å². The number of nitrogens with zero attached hydrogens (tertiary/aromatic N) is 1. The molecule has 0 unspecified atom stereocenters. The summed E-state index contributed by atoms with van der Waals surface area (Å²) in [7, 11) is 0. The highest BCUT2D eigenvalue weighted by Crippen LogP contribution is 2.28. The topological polar surface area (TPSA) is 83.0 Å². The number of benzene rings is 2. The van der Waals surface area contributed by atoms with Crippen LogP contribution in [0.15, 0.2) is 58.1 Å². The fraction of sp³-hybridized carbons (Fsp3) is 0. The van der Waals surface area contributed by atoms with E-state index >= 15 is 0 Å². The van der Waals surface area contributed by atoms with Gasteiger partial charge in [-0.15, -0.1) is 0 Å². The Morgan fingerprint density at radius 3 is 2.52 bits per heavy atom. The van der Waals surface area contributed by atoms with Gasteiger partial charge in [-0.25, -0.2) is 0 Å². The van der Waals surface area contributed by atoms with Gasteiger partial charge in [0.1, 0.15) is 16.9 Å². The van der Waals surface area contributed by atoms with Crippen molar-refractivity contribution >= 4 is 17.3 Å². The number of aromatic hydroxyl groups is 1. The van der Waals surface area contributed by atoms with Crippen LogP contribution in [0.25, 0.3) is 22.3 Å². The van der Waals surface area contributed by atoms with Gasteiger partial charge in [0.25, 0.3) is 0 Å². The van der Waals surface area contributed by atoms with Crippen molar-refractivity contribution in [2.45, 2.75) is 0 Å². The molecule has 2 aromatic carbocycles. The summed E-state index contributed by atoms with van der Waals surface area (Å²) < 4.78 is 5.73. The Kier molecular flexibility index (Phi) is 3.16. The monoisotopic (exact) mass is 281 g/mol. The second kappa shape index (κ2) is 5.13. The maximum atomic E-state index is 11.2. The van der Waals surface area contributed by atoms with E-state index in [0.29, 0.717) is 17.4 Å². The average Bonchev–Trinajstić information content (AvgIpc) is 2.54. The molecule has 3 aromatic rings. The minimum atomic E-state index is -0.185. The van der Waals surface area contributed by atoms with Crippen molar-refractivity contribution in [2.75, 3.05) is 0 Å². The highest BCUT2D eigenvalue weighted by molar-refractivity contribution is 5.97. The molecule has 104 valence electrons. The maximum absolute atomic E-state index is 11.2. The van der Waals surface area contributed by atoms with Gasteiger partial charge in [0.2, 0.25) is 0 Å². The molecular weight excluding hydrogens is 270 g/mol. The maximum Gasteiger partial charge on any atom is 0.157 e. The minimum absolute atomic E-state index is 0.0233. The van der Waals surface area contributed by atoms with Crippen molar-refractivity contribution in [1.82, 2.24) is 0 Å². The van der Waals surface area contributed by atoms with Gasteiger partial charge in [-0.3, -0.25) is 4.79 Å². The molecule has 1 heterocycles. The zero-order valence-electron chi connectivity index (χ0n) is 10.9. The molecule has 2 N–H and O–H groups in total. The third kappa shape index (κ3) is 2.14. The van der Waals surface area contributed by atoms with E-state index in [4.69, 9.17) is 4.42 Å². The molecule has 5 heteroatoms. The number of carbonyl (C=O) groups is 1. The second-order valence-corrected chi connectivity index (χ2v) is 4.45. The summed E-state index contributed by atoms with van der Waals surface area (Å²) in [6, 6.07) is 13.7. The first-order valence-corrected chi connectivity index (χ1v) is 6.23. The molecule has 21 heavy (non-hydrogen) atoms. The lowest BCUT2D eigenvalue weighted by atomic mass is 10.1. The SMILES string of the molecule is O=Cc1c(O)ccc2c(=NO)cc(-c3ccccc3)oc12. The summed E-state index contributed by atoms with van der Waals surface area (Å²) in [6.07, 6.45) is 0.511. The molecular formula is C16H11NO4. The van der Waals surface area contributed by atoms with Crippen molar-refractivity contribution in [3.05, 3.63) is 59.5 Å². The van der Waals surface area contributed by atoms with Gasteiger partial charge in [0.05, 0.1) is 5.56 Å². The van der Waals surface area contributed by atoms with Gasteiger partial charge in [0.15, 0.2) is 11.9 Å². The van der Waals surface area contributed by atoms with E-state index in [1.165, 1.54) is 12.1 Å². The first-order valence-electron chi connectivity index (χ1n) is 6.23. The summed E-state index contributed by atoms with van der Waals surface area (Å²) in [6.45, 7) is 0. The van der Waals surface area contributed by atoms with Gasteiger partial charge < -0.3 is 14.7 Å². The highest BCUT2D eigenvalue weighted by atomic mass is 16.4. The largest absolute Gasteiger partial charge is 0.507 e. The van der Waals surface area contributed by atoms with E-state index in [9.17, 15) is 15.1 Å². The Hall–Kier alpha value is -3.08. The molecule has 1 aromatic heterocycles. The Labute approximate surface area is 119 Å². The highest BCUT2D eigenvalue weighted by Gasteiger charge is 2.12. The van der Waals surface area contributed by atoms with E-state index in [1.807, 2.05) is 30.3 Å². The van der Waals surface area contributed by atoms with Crippen LogP contribution in [0.3, 0.4) is 0 Å². The van der Waals surface area contributed by atoms with Crippen LogP contribution in [0.4, 0.5) is 0 Å². The number of phenols is 1.